The Morgan fingerprint density at radius 3 is 2.81 bits per heavy atom. The number of primary amides is 1. The number of anilines is 1. The second-order valence-electron chi connectivity index (χ2n) is 7.85. The van der Waals surface area contributed by atoms with Crippen LogP contribution < -0.4 is 11.1 Å². The Balaban J connectivity index is 1.49. The number of amides is 1. The molecule has 4 rings (SSSR count). The zero-order valence-electron chi connectivity index (χ0n) is 15.7. The van der Waals surface area contributed by atoms with Gasteiger partial charge in [0.25, 0.3) is 5.91 Å². The third-order valence-electron chi connectivity index (χ3n) is 5.86. The van der Waals surface area contributed by atoms with Gasteiger partial charge in [-0.2, -0.15) is 0 Å². The van der Waals surface area contributed by atoms with Crippen molar-refractivity contribution in [3.8, 4) is 0 Å². The first-order chi connectivity index (χ1) is 13.2. The van der Waals surface area contributed by atoms with Crippen molar-refractivity contribution in [1.29, 1.82) is 0 Å². The second kappa shape index (κ2) is 8.03. The molecule has 0 spiro atoms. The summed E-state index contributed by atoms with van der Waals surface area (Å²) >= 11 is 0. The fraction of sp³-hybridized carbons (Fsp3) is 0.524. The molecule has 0 radical (unpaired) electrons. The first-order valence-corrected chi connectivity index (χ1v) is 10.0. The zero-order chi connectivity index (χ0) is 18.6. The predicted molar refractivity (Wildman–Crippen MR) is 105 cm³/mol. The highest BCUT2D eigenvalue weighted by Crippen LogP contribution is 2.27. The lowest BCUT2D eigenvalue weighted by molar-refractivity contribution is 0.100. The van der Waals surface area contributed by atoms with Crippen LogP contribution in [0.25, 0.3) is 0 Å². The maximum Gasteiger partial charge on any atom is 0.254 e. The normalized spacial score (nSPS) is 20.1. The summed E-state index contributed by atoms with van der Waals surface area (Å²) in [6.07, 6.45) is 15.4. The molecular formula is C21H27N5O. The highest BCUT2D eigenvalue weighted by molar-refractivity contribution is 5.97. The van der Waals surface area contributed by atoms with Crippen LogP contribution in [-0.4, -0.2) is 26.9 Å². The average molecular weight is 365 g/mol. The van der Waals surface area contributed by atoms with E-state index < -0.39 is 5.91 Å². The third kappa shape index (κ3) is 4.26. The Morgan fingerprint density at radius 1 is 1.15 bits per heavy atom. The summed E-state index contributed by atoms with van der Waals surface area (Å²) in [5, 5.41) is 3.46. The Bertz CT molecular complexity index is 816. The van der Waals surface area contributed by atoms with Gasteiger partial charge in [-0.15, -0.1) is 0 Å². The van der Waals surface area contributed by atoms with Gasteiger partial charge in [0.15, 0.2) is 0 Å². The Morgan fingerprint density at radius 2 is 2.00 bits per heavy atom. The van der Waals surface area contributed by atoms with Gasteiger partial charge in [-0.25, -0.2) is 9.97 Å². The molecule has 2 aromatic rings. The fourth-order valence-electron chi connectivity index (χ4n) is 4.33. The van der Waals surface area contributed by atoms with Crippen LogP contribution in [0.1, 0.15) is 65.8 Å². The van der Waals surface area contributed by atoms with Crippen molar-refractivity contribution in [3.63, 3.8) is 0 Å². The van der Waals surface area contributed by atoms with E-state index in [1.165, 1.54) is 30.4 Å². The summed E-state index contributed by atoms with van der Waals surface area (Å²) in [6.45, 7) is 0. The lowest BCUT2D eigenvalue weighted by Crippen LogP contribution is -2.26. The van der Waals surface area contributed by atoms with Crippen LogP contribution in [0, 0.1) is 5.92 Å². The number of pyridine rings is 1. The number of fused-ring (bicyclic) bond motifs is 1. The molecule has 2 aromatic heterocycles. The van der Waals surface area contributed by atoms with Crippen LogP contribution in [0.15, 0.2) is 24.7 Å². The first-order valence-electron chi connectivity index (χ1n) is 10.0. The Hall–Kier alpha value is -2.50. The number of hydrogen-bond donors (Lipinski definition) is 2. The van der Waals surface area contributed by atoms with Crippen LogP contribution in [0.2, 0.25) is 0 Å². The number of aryl methyl sites for hydroxylation is 1. The molecule has 0 aliphatic heterocycles. The summed E-state index contributed by atoms with van der Waals surface area (Å²) in [5.74, 6) is 1.45. The van der Waals surface area contributed by atoms with Crippen LogP contribution in [-0.2, 0) is 19.3 Å². The number of carbonyl (C=O) groups is 1. The van der Waals surface area contributed by atoms with E-state index in [-0.39, 0.29) is 0 Å². The summed E-state index contributed by atoms with van der Waals surface area (Å²) < 4.78 is 0. The van der Waals surface area contributed by atoms with Crippen molar-refractivity contribution in [2.45, 2.75) is 63.8 Å². The number of rotatable bonds is 5. The topological polar surface area (TPSA) is 93.8 Å². The third-order valence-corrected chi connectivity index (χ3v) is 5.86. The molecule has 142 valence electrons. The molecule has 1 fully saturated rings. The Kier molecular flexibility index (Phi) is 5.32. The van der Waals surface area contributed by atoms with Crippen LogP contribution in [0.4, 0.5) is 5.82 Å². The number of hydrogen-bond acceptors (Lipinski definition) is 5. The predicted octanol–water partition coefficient (Wildman–Crippen LogP) is 3.06. The number of nitrogens with two attached hydrogens (primary N) is 1. The minimum Gasteiger partial charge on any atom is -0.367 e. The molecule has 0 unspecified atom stereocenters. The average Bonchev–Trinajstić information content (AvgIpc) is 2.69. The zero-order valence-corrected chi connectivity index (χ0v) is 15.7. The Labute approximate surface area is 160 Å². The molecule has 2 aliphatic carbocycles. The highest BCUT2D eigenvalue weighted by Gasteiger charge is 2.22. The number of carbonyl (C=O) groups excluding carboxylic acids is 1. The van der Waals surface area contributed by atoms with Gasteiger partial charge >= 0.3 is 0 Å². The SMILES string of the molecule is NC(=O)c1cnc(C[C@H]2CCc3cnccc3C2)nc1NC1CCCCC1. The van der Waals surface area contributed by atoms with Crippen molar-refractivity contribution in [2.75, 3.05) is 5.32 Å². The summed E-state index contributed by atoms with van der Waals surface area (Å²) in [7, 11) is 0. The lowest BCUT2D eigenvalue weighted by Gasteiger charge is -2.25. The molecule has 0 bridgehead atoms. The highest BCUT2D eigenvalue weighted by atomic mass is 16.1. The van der Waals surface area contributed by atoms with Gasteiger partial charge in [0.1, 0.15) is 11.6 Å². The maximum absolute atomic E-state index is 11.8. The minimum absolute atomic E-state index is 0.369. The van der Waals surface area contributed by atoms with E-state index in [0.29, 0.717) is 23.3 Å². The standard InChI is InChI=1S/C21H27N5O/c22-20(27)18-13-24-19(26-21(18)25-17-4-2-1-3-5-17)11-14-6-7-16-12-23-9-8-15(16)10-14/h8-9,12-14,17H,1-7,10-11H2,(H2,22,27)(H,24,25,26)/t14-/m0/s1. The largest absolute Gasteiger partial charge is 0.367 e. The van der Waals surface area contributed by atoms with E-state index in [1.807, 2.05) is 12.4 Å². The van der Waals surface area contributed by atoms with Crippen molar-refractivity contribution in [1.82, 2.24) is 15.0 Å². The smallest absolute Gasteiger partial charge is 0.254 e. The van der Waals surface area contributed by atoms with E-state index in [9.17, 15) is 4.79 Å². The van der Waals surface area contributed by atoms with Crippen LogP contribution in [0.3, 0.4) is 0 Å². The van der Waals surface area contributed by atoms with E-state index in [4.69, 9.17) is 10.7 Å². The quantitative estimate of drug-likeness (QED) is 0.849. The molecule has 6 heteroatoms. The molecule has 6 nitrogen and oxygen atoms in total. The fourth-order valence-corrected chi connectivity index (χ4v) is 4.33. The number of aromatic nitrogens is 3. The van der Waals surface area contributed by atoms with Gasteiger partial charge in [0.2, 0.25) is 0 Å². The van der Waals surface area contributed by atoms with Gasteiger partial charge in [0.05, 0.1) is 5.56 Å². The van der Waals surface area contributed by atoms with Gasteiger partial charge < -0.3 is 11.1 Å². The molecule has 2 aliphatic rings. The van der Waals surface area contributed by atoms with Gasteiger partial charge in [-0.3, -0.25) is 9.78 Å². The summed E-state index contributed by atoms with van der Waals surface area (Å²) in [6, 6.07) is 2.49. The lowest BCUT2D eigenvalue weighted by atomic mass is 9.83. The number of nitrogens with one attached hydrogen (secondary N) is 1. The molecule has 3 N–H and O–H groups in total. The van der Waals surface area contributed by atoms with Gasteiger partial charge in [-0.1, -0.05) is 19.3 Å². The van der Waals surface area contributed by atoms with E-state index in [1.54, 1.807) is 6.20 Å². The molecule has 1 saturated carbocycles. The van der Waals surface area contributed by atoms with Gasteiger partial charge in [-0.05, 0) is 55.2 Å². The monoisotopic (exact) mass is 365 g/mol. The molecular weight excluding hydrogens is 338 g/mol. The van der Waals surface area contributed by atoms with Crippen molar-refractivity contribution >= 4 is 11.7 Å². The van der Waals surface area contributed by atoms with Crippen LogP contribution in [0.5, 0.6) is 0 Å². The van der Waals surface area contributed by atoms with Crippen molar-refractivity contribution in [2.24, 2.45) is 11.7 Å². The molecule has 0 saturated heterocycles. The molecule has 27 heavy (non-hydrogen) atoms. The van der Waals surface area contributed by atoms with Gasteiger partial charge in [0, 0.05) is 31.1 Å². The summed E-state index contributed by atoms with van der Waals surface area (Å²) in [4.78, 5) is 25.2. The molecule has 1 atom stereocenters. The van der Waals surface area contributed by atoms with E-state index in [0.717, 1.165) is 44.3 Å². The van der Waals surface area contributed by atoms with Crippen molar-refractivity contribution in [3.05, 3.63) is 47.2 Å². The van der Waals surface area contributed by atoms with E-state index >= 15 is 0 Å². The van der Waals surface area contributed by atoms with Crippen LogP contribution >= 0.6 is 0 Å². The molecule has 2 heterocycles. The second-order valence-corrected chi connectivity index (χ2v) is 7.85. The maximum atomic E-state index is 11.8. The number of nitrogens with zero attached hydrogens (tertiary/aromatic N) is 3. The first kappa shape index (κ1) is 17.9. The molecule has 1 amide bonds. The van der Waals surface area contributed by atoms with Crippen molar-refractivity contribution < 1.29 is 4.79 Å². The minimum atomic E-state index is -0.473. The summed E-state index contributed by atoms with van der Waals surface area (Å²) in [5.41, 5.74) is 8.68. The molecule has 0 aromatic carbocycles. The van der Waals surface area contributed by atoms with E-state index in [2.05, 4.69) is 21.4 Å².